The van der Waals surface area contributed by atoms with Gasteiger partial charge >= 0.3 is 6.18 Å². The van der Waals surface area contributed by atoms with E-state index >= 15 is 0 Å². The first kappa shape index (κ1) is 14.8. The van der Waals surface area contributed by atoms with Crippen LogP contribution in [0.25, 0.3) is 0 Å². The molecule has 0 fully saturated rings. The van der Waals surface area contributed by atoms with Crippen LogP contribution in [0.15, 0.2) is 46.9 Å². The lowest BCUT2D eigenvalue weighted by molar-refractivity contribution is -0.137. The normalized spacial score (nSPS) is 11.4. The molecule has 0 heterocycles. The van der Waals surface area contributed by atoms with Crippen LogP contribution in [-0.4, -0.2) is 0 Å². The minimum absolute atomic E-state index is 0.0635. The van der Waals surface area contributed by atoms with E-state index in [0.717, 1.165) is 22.2 Å². The zero-order valence-electron chi connectivity index (χ0n) is 10.0. The molecule has 2 aromatic carbocycles. The van der Waals surface area contributed by atoms with E-state index in [4.69, 9.17) is 4.74 Å². The van der Waals surface area contributed by atoms with Crippen LogP contribution in [0.4, 0.5) is 17.6 Å². The molecule has 0 aliphatic heterocycles. The lowest BCUT2D eigenvalue weighted by Gasteiger charge is -2.11. The Bertz CT molecular complexity index is 593. The van der Waals surface area contributed by atoms with Gasteiger partial charge < -0.3 is 4.74 Å². The monoisotopic (exact) mass is 348 g/mol. The summed E-state index contributed by atoms with van der Waals surface area (Å²) in [5.41, 5.74) is -0.297. The molecule has 0 aliphatic rings. The highest BCUT2D eigenvalue weighted by atomic mass is 79.9. The van der Waals surface area contributed by atoms with Crippen LogP contribution in [0.1, 0.15) is 11.1 Å². The van der Waals surface area contributed by atoms with E-state index in [1.807, 2.05) is 0 Å². The van der Waals surface area contributed by atoms with Gasteiger partial charge in [0.25, 0.3) is 0 Å². The predicted octanol–water partition coefficient (Wildman–Crippen LogP) is 5.19. The minimum atomic E-state index is -4.60. The van der Waals surface area contributed by atoms with Gasteiger partial charge in [-0.2, -0.15) is 13.2 Å². The first-order valence-corrected chi connectivity index (χ1v) is 6.39. The van der Waals surface area contributed by atoms with Crippen molar-refractivity contribution in [2.45, 2.75) is 12.8 Å². The Balaban J connectivity index is 2.13. The molecule has 2 rings (SSSR count). The fourth-order valence-electron chi connectivity index (χ4n) is 1.56. The van der Waals surface area contributed by atoms with Gasteiger partial charge in [-0.1, -0.05) is 28.1 Å². The van der Waals surface area contributed by atoms with Gasteiger partial charge in [0.05, 0.1) is 5.56 Å². The number of hydrogen-bond acceptors (Lipinski definition) is 1. The van der Waals surface area contributed by atoms with Gasteiger partial charge in [-0.05, 0) is 29.8 Å². The third-order valence-electron chi connectivity index (χ3n) is 2.52. The summed E-state index contributed by atoms with van der Waals surface area (Å²) in [6.45, 7) is 0.0635. The Hall–Kier alpha value is -1.56. The van der Waals surface area contributed by atoms with Gasteiger partial charge in [0.15, 0.2) is 0 Å². The average Bonchev–Trinajstić information content (AvgIpc) is 2.36. The van der Waals surface area contributed by atoms with Crippen LogP contribution in [0.2, 0.25) is 0 Å². The average molecular weight is 349 g/mol. The van der Waals surface area contributed by atoms with E-state index in [-0.39, 0.29) is 12.4 Å². The summed E-state index contributed by atoms with van der Waals surface area (Å²) >= 11 is 3.27. The summed E-state index contributed by atoms with van der Waals surface area (Å²) in [5, 5.41) is 0. The molecular weight excluding hydrogens is 340 g/mol. The number of halogens is 5. The van der Waals surface area contributed by atoms with Crippen molar-refractivity contribution in [1.29, 1.82) is 0 Å². The number of ether oxygens (including phenoxy) is 1. The second-order valence-electron chi connectivity index (χ2n) is 4.09. The molecule has 0 amide bonds. The fourth-order valence-corrected chi connectivity index (χ4v) is 1.82. The quantitative estimate of drug-likeness (QED) is 0.694. The van der Waals surface area contributed by atoms with E-state index in [9.17, 15) is 17.6 Å². The van der Waals surface area contributed by atoms with Crippen molar-refractivity contribution in [3.63, 3.8) is 0 Å². The van der Waals surface area contributed by atoms with Crippen LogP contribution in [0.3, 0.4) is 0 Å². The molecule has 1 nitrogen and oxygen atoms in total. The van der Waals surface area contributed by atoms with Crippen molar-refractivity contribution in [1.82, 2.24) is 0 Å². The molecule has 0 atom stereocenters. The maximum absolute atomic E-state index is 13.2. The first-order valence-electron chi connectivity index (χ1n) is 5.59. The molecule has 6 heteroatoms. The van der Waals surface area contributed by atoms with Crippen molar-refractivity contribution in [2.75, 3.05) is 0 Å². The molecular formula is C14H9BrF4O. The van der Waals surface area contributed by atoms with Gasteiger partial charge in [-0.3, -0.25) is 0 Å². The lowest BCUT2D eigenvalue weighted by atomic mass is 10.2. The molecule has 0 bridgehead atoms. The Morgan fingerprint density at radius 3 is 2.25 bits per heavy atom. The first-order chi connectivity index (χ1) is 9.34. The van der Waals surface area contributed by atoms with E-state index in [2.05, 4.69) is 15.9 Å². The Morgan fingerprint density at radius 2 is 1.65 bits per heavy atom. The van der Waals surface area contributed by atoms with Crippen molar-refractivity contribution < 1.29 is 22.3 Å². The molecule has 0 saturated heterocycles. The Kier molecular flexibility index (Phi) is 4.32. The predicted molar refractivity (Wildman–Crippen MR) is 69.9 cm³/mol. The number of benzene rings is 2. The molecule has 106 valence electrons. The van der Waals surface area contributed by atoms with Crippen molar-refractivity contribution >= 4 is 15.9 Å². The van der Waals surface area contributed by atoms with Gasteiger partial charge in [-0.25, -0.2) is 4.39 Å². The summed E-state index contributed by atoms with van der Waals surface area (Å²) in [4.78, 5) is 0. The maximum atomic E-state index is 13.2. The molecule has 0 aliphatic carbocycles. The zero-order chi connectivity index (χ0) is 14.8. The maximum Gasteiger partial charge on any atom is 0.416 e. The van der Waals surface area contributed by atoms with Gasteiger partial charge in [-0.15, -0.1) is 0 Å². The lowest BCUT2D eigenvalue weighted by Crippen LogP contribution is -2.06. The van der Waals surface area contributed by atoms with Crippen LogP contribution in [0.5, 0.6) is 5.75 Å². The largest absolute Gasteiger partial charge is 0.489 e. The zero-order valence-corrected chi connectivity index (χ0v) is 11.6. The van der Waals surface area contributed by atoms with E-state index in [0.29, 0.717) is 6.07 Å². The smallest absolute Gasteiger partial charge is 0.416 e. The second-order valence-corrected chi connectivity index (χ2v) is 5.00. The van der Waals surface area contributed by atoms with Crippen LogP contribution >= 0.6 is 15.9 Å². The summed E-state index contributed by atoms with van der Waals surface area (Å²) in [5.74, 6) is -1.13. The van der Waals surface area contributed by atoms with Crippen LogP contribution in [-0.2, 0) is 12.8 Å². The van der Waals surface area contributed by atoms with Crippen LogP contribution in [0, 0.1) is 5.82 Å². The second kappa shape index (κ2) is 5.83. The van der Waals surface area contributed by atoms with Gasteiger partial charge in [0.2, 0.25) is 0 Å². The summed E-state index contributed by atoms with van der Waals surface area (Å²) < 4.78 is 56.8. The topological polar surface area (TPSA) is 9.23 Å². The molecule has 0 spiro atoms. The minimum Gasteiger partial charge on any atom is -0.489 e. The van der Waals surface area contributed by atoms with E-state index < -0.39 is 17.6 Å². The summed E-state index contributed by atoms with van der Waals surface area (Å²) in [7, 11) is 0. The number of alkyl halides is 3. The van der Waals surface area contributed by atoms with Crippen molar-refractivity contribution in [3.8, 4) is 5.75 Å². The van der Waals surface area contributed by atoms with E-state index in [1.54, 1.807) is 24.3 Å². The third kappa shape index (κ3) is 3.96. The number of rotatable bonds is 3. The fraction of sp³-hybridized carbons (Fsp3) is 0.143. The summed E-state index contributed by atoms with van der Waals surface area (Å²) in [6.07, 6.45) is -4.60. The highest BCUT2D eigenvalue weighted by Gasteiger charge is 2.31. The van der Waals surface area contributed by atoms with Crippen molar-refractivity contribution in [2.24, 2.45) is 0 Å². The SMILES string of the molecule is Fc1cc(OCc2ccc(Br)cc2)cc(C(F)(F)F)c1. The van der Waals surface area contributed by atoms with Gasteiger partial charge in [0.1, 0.15) is 18.2 Å². The van der Waals surface area contributed by atoms with E-state index in [1.165, 1.54) is 0 Å². The molecule has 0 aromatic heterocycles. The number of hydrogen-bond donors (Lipinski definition) is 0. The summed E-state index contributed by atoms with van der Waals surface area (Å²) in [6, 6.07) is 9.22. The third-order valence-corrected chi connectivity index (χ3v) is 3.05. The highest BCUT2D eigenvalue weighted by molar-refractivity contribution is 9.10. The molecule has 2 aromatic rings. The Morgan fingerprint density at radius 1 is 1.00 bits per heavy atom. The van der Waals surface area contributed by atoms with Crippen molar-refractivity contribution in [3.05, 3.63) is 63.9 Å². The molecule has 0 N–H and O–H groups in total. The Labute approximate surface area is 121 Å². The molecule has 0 radical (unpaired) electrons. The highest BCUT2D eigenvalue weighted by Crippen LogP contribution is 2.32. The van der Waals surface area contributed by atoms with Crippen LogP contribution < -0.4 is 4.74 Å². The molecule has 0 saturated carbocycles. The molecule has 20 heavy (non-hydrogen) atoms. The molecule has 0 unspecified atom stereocenters. The van der Waals surface area contributed by atoms with Gasteiger partial charge in [0, 0.05) is 10.5 Å². The standard InChI is InChI=1S/C14H9BrF4O/c15-11-3-1-9(2-4-11)8-20-13-6-10(14(17,18)19)5-12(16)7-13/h1-7H,8H2.